The van der Waals surface area contributed by atoms with Crippen LogP contribution < -0.4 is 5.32 Å². The molecule has 11 heteroatoms. The molecule has 0 spiro atoms. The van der Waals surface area contributed by atoms with Crippen molar-refractivity contribution in [1.82, 2.24) is 20.6 Å². The lowest BCUT2D eigenvalue weighted by Gasteiger charge is -2.05. The maximum atomic E-state index is 13.4. The summed E-state index contributed by atoms with van der Waals surface area (Å²) in [6, 6.07) is 3.79. The number of benzene rings is 1. The molecule has 1 heterocycles. The Balaban J connectivity index is 2.34. The maximum absolute atomic E-state index is 13.4. The molecule has 0 radical (unpaired) electrons. The zero-order chi connectivity index (χ0) is 15.4. The summed E-state index contributed by atoms with van der Waals surface area (Å²) in [7, 11) is 0. The fourth-order valence-corrected chi connectivity index (χ4v) is 1.79. The van der Waals surface area contributed by atoms with Crippen molar-refractivity contribution in [3.05, 3.63) is 44.6 Å². The zero-order valence-corrected chi connectivity index (χ0v) is 11.6. The van der Waals surface area contributed by atoms with Gasteiger partial charge in [0.15, 0.2) is 0 Å². The molecule has 2 aromatic rings. The first-order chi connectivity index (χ1) is 10.0. The molecule has 2 N–H and O–H groups in total. The van der Waals surface area contributed by atoms with Gasteiger partial charge in [0.1, 0.15) is 11.6 Å². The molecule has 9 nitrogen and oxygen atoms in total. The van der Waals surface area contributed by atoms with Crippen molar-refractivity contribution in [3.63, 3.8) is 0 Å². The Hall–Kier alpha value is -2.87. The Kier molecular flexibility index (Phi) is 4.19. The number of rotatable bonds is 4. The van der Waals surface area contributed by atoms with Gasteiger partial charge >= 0.3 is 5.69 Å². The molecule has 0 aliphatic heterocycles. The standard InChI is InChI=1S/C10H5BrFN7O2/c11-6-1-7(12)9(19(20)21)2-8(6)14-4-5(3-13)10-15-17-18-16-10/h1-2,4,14H,(H,15,16,17,18). The molecule has 0 bridgehead atoms. The van der Waals surface area contributed by atoms with Crippen molar-refractivity contribution in [2.75, 3.05) is 5.32 Å². The number of aromatic nitrogens is 4. The third-order valence-electron chi connectivity index (χ3n) is 2.31. The molecule has 0 amide bonds. The predicted octanol–water partition coefficient (Wildman–Crippen LogP) is 1.99. The van der Waals surface area contributed by atoms with Crippen molar-refractivity contribution in [2.24, 2.45) is 0 Å². The van der Waals surface area contributed by atoms with Gasteiger partial charge < -0.3 is 5.32 Å². The van der Waals surface area contributed by atoms with E-state index in [1.54, 1.807) is 0 Å². The normalized spacial score (nSPS) is 11.0. The first kappa shape index (κ1) is 14.5. The summed E-state index contributed by atoms with van der Waals surface area (Å²) < 4.78 is 13.6. The van der Waals surface area contributed by atoms with Crippen molar-refractivity contribution >= 4 is 32.9 Å². The van der Waals surface area contributed by atoms with Gasteiger partial charge in [0.05, 0.1) is 10.6 Å². The number of nitro groups is 1. The molecule has 0 atom stereocenters. The molecule has 0 saturated heterocycles. The van der Waals surface area contributed by atoms with Crippen LogP contribution in [0.25, 0.3) is 5.57 Å². The lowest BCUT2D eigenvalue weighted by atomic mass is 10.2. The molecule has 2 rings (SSSR count). The summed E-state index contributed by atoms with van der Waals surface area (Å²) in [6.45, 7) is 0. The summed E-state index contributed by atoms with van der Waals surface area (Å²) in [5, 5.41) is 35.1. The molecule has 1 aromatic heterocycles. The van der Waals surface area contributed by atoms with Gasteiger partial charge in [-0.05, 0) is 27.2 Å². The first-order valence-electron chi connectivity index (χ1n) is 5.27. The van der Waals surface area contributed by atoms with Gasteiger partial charge in [0.25, 0.3) is 0 Å². The molecule has 1 aromatic carbocycles. The summed E-state index contributed by atoms with van der Waals surface area (Å²) >= 11 is 3.06. The van der Waals surface area contributed by atoms with E-state index in [1.807, 2.05) is 6.07 Å². The third kappa shape index (κ3) is 3.18. The van der Waals surface area contributed by atoms with Crippen LogP contribution in [0.3, 0.4) is 0 Å². The van der Waals surface area contributed by atoms with Crippen LogP contribution in [0.5, 0.6) is 0 Å². The molecule has 0 unspecified atom stereocenters. The number of nitriles is 1. The molecule has 0 aliphatic carbocycles. The minimum absolute atomic E-state index is 0.0441. The highest BCUT2D eigenvalue weighted by atomic mass is 79.9. The minimum atomic E-state index is -0.972. The molecule has 106 valence electrons. The number of nitro benzene ring substituents is 1. The highest BCUT2D eigenvalue weighted by Crippen LogP contribution is 2.30. The predicted molar refractivity (Wildman–Crippen MR) is 72.1 cm³/mol. The van der Waals surface area contributed by atoms with Crippen LogP contribution in [-0.4, -0.2) is 25.5 Å². The number of tetrazole rings is 1. The molecular weight excluding hydrogens is 349 g/mol. The van der Waals surface area contributed by atoms with Gasteiger partial charge in [-0.1, -0.05) is 0 Å². The number of anilines is 1. The van der Waals surface area contributed by atoms with E-state index in [0.29, 0.717) is 0 Å². The third-order valence-corrected chi connectivity index (χ3v) is 2.97. The van der Waals surface area contributed by atoms with Gasteiger partial charge in [-0.3, -0.25) is 10.1 Å². The van der Waals surface area contributed by atoms with Crippen LogP contribution >= 0.6 is 15.9 Å². The average Bonchev–Trinajstić information content (AvgIpc) is 2.95. The van der Waals surface area contributed by atoms with Gasteiger partial charge in [-0.2, -0.15) is 14.9 Å². The van der Waals surface area contributed by atoms with Gasteiger partial charge in [-0.25, -0.2) is 0 Å². The molecule has 0 aliphatic rings. The van der Waals surface area contributed by atoms with Crippen molar-refractivity contribution < 1.29 is 9.31 Å². The monoisotopic (exact) mass is 353 g/mol. The molecule has 0 fully saturated rings. The fourth-order valence-electron chi connectivity index (χ4n) is 1.36. The number of hydrogen-bond acceptors (Lipinski definition) is 7. The van der Waals surface area contributed by atoms with E-state index in [1.165, 1.54) is 6.20 Å². The second kappa shape index (κ2) is 6.06. The van der Waals surface area contributed by atoms with E-state index in [-0.39, 0.29) is 21.6 Å². The second-order valence-corrected chi connectivity index (χ2v) is 4.44. The second-order valence-electron chi connectivity index (χ2n) is 3.59. The van der Waals surface area contributed by atoms with Crippen molar-refractivity contribution in [1.29, 1.82) is 5.26 Å². The number of H-pyrrole nitrogens is 1. The van der Waals surface area contributed by atoms with E-state index >= 15 is 0 Å². The quantitative estimate of drug-likeness (QED) is 0.487. The fraction of sp³-hybridized carbons (Fsp3) is 0. The highest BCUT2D eigenvalue weighted by molar-refractivity contribution is 9.10. The first-order valence-corrected chi connectivity index (χ1v) is 6.06. The highest BCUT2D eigenvalue weighted by Gasteiger charge is 2.17. The average molecular weight is 354 g/mol. The van der Waals surface area contributed by atoms with Crippen LogP contribution in [0, 0.1) is 27.3 Å². The van der Waals surface area contributed by atoms with E-state index < -0.39 is 16.4 Å². The SMILES string of the molecule is N#CC(=CNc1cc([N+](=O)[O-])c(F)cc1Br)c1nn[nH]n1. The number of nitrogens with one attached hydrogen (secondary N) is 2. The topological polar surface area (TPSA) is 133 Å². The minimum Gasteiger partial charge on any atom is -0.359 e. The largest absolute Gasteiger partial charge is 0.359 e. The smallest absolute Gasteiger partial charge is 0.306 e. The van der Waals surface area contributed by atoms with Crippen molar-refractivity contribution in [3.8, 4) is 6.07 Å². The van der Waals surface area contributed by atoms with E-state index in [2.05, 4.69) is 41.9 Å². The summed E-state index contributed by atoms with van der Waals surface area (Å²) in [4.78, 5) is 9.84. The van der Waals surface area contributed by atoms with Gasteiger partial charge in [-0.15, -0.1) is 10.2 Å². The van der Waals surface area contributed by atoms with Crippen LogP contribution in [0.1, 0.15) is 5.82 Å². The van der Waals surface area contributed by atoms with Crippen LogP contribution in [0.15, 0.2) is 22.8 Å². The maximum Gasteiger partial charge on any atom is 0.306 e. The molecule has 21 heavy (non-hydrogen) atoms. The number of aromatic amines is 1. The van der Waals surface area contributed by atoms with Crippen LogP contribution in [-0.2, 0) is 0 Å². The number of halogens is 2. The van der Waals surface area contributed by atoms with Crippen LogP contribution in [0.2, 0.25) is 0 Å². The summed E-state index contributed by atoms with van der Waals surface area (Å²) in [6.07, 6.45) is 1.23. The summed E-state index contributed by atoms with van der Waals surface area (Å²) in [5.74, 6) is -0.919. The molecular formula is C10H5BrFN7O2. The van der Waals surface area contributed by atoms with Gasteiger partial charge in [0.2, 0.25) is 11.6 Å². The van der Waals surface area contributed by atoms with E-state index in [9.17, 15) is 14.5 Å². The summed E-state index contributed by atoms with van der Waals surface area (Å²) in [5.41, 5.74) is -0.436. The molecule has 0 saturated carbocycles. The van der Waals surface area contributed by atoms with Crippen molar-refractivity contribution in [2.45, 2.75) is 0 Å². The Labute approximate surface area is 124 Å². The Morgan fingerprint density at radius 2 is 2.38 bits per heavy atom. The lowest BCUT2D eigenvalue weighted by molar-refractivity contribution is -0.387. The number of allylic oxidation sites excluding steroid dienone is 1. The Morgan fingerprint density at radius 3 is 2.95 bits per heavy atom. The Bertz CT molecular complexity index is 754. The van der Waals surface area contributed by atoms with E-state index in [0.717, 1.165) is 12.1 Å². The lowest BCUT2D eigenvalue weighted by Crippen LogP contribution is -1.98. The Morgan fingerprint density at radius 1 is 1.62 bits per heavy atom. The van der Waals surface area contributed by atoms with Gasteiger partial charge in [0, 0.05) is 16.7 Å². The van der Waals surface area contributed by atoms with E-state index in [4.69, 9.17) is 5.26 Å². The zero-order valence-electron chi connectivity index (χ0n) is 10.0. The van der Waals surface area contributed by atoms with Crippen LogP contribution in [0.4, 0.5) is 15.8 Å². The number of nitrogens with zero attached hydrogens (tertiary/aromatic N) is 5. The number of hydrogen-bond donors (Lipinski definition) is 2.